The fourth-order valence-corrected chi connectivity index (χ4v) is 3.23. The molecule has 0 aromatic carbocycles. The van der Waals surface area contributed by atoms with E-state index in [-0.39, 0.29) is 0 Å². The summed E-state index contributed by atoms with van der Waals surface area (Å²) in [6.07, 6.45) is 0.743. The molecule has 18 heavy (non-hydrogen) atoms. The first kappa shape index (κ1) is 14.1. The van der Waals surface area contributed by atoms with Crippen molar-refractivity contribution in [1.29, 1.82) is 0 Å². The molecule has 0 spiro atoms. The largest absolute Gasteiger partial charge is 0.553 e. The molecule has 2 rings (SSSR count). The van der Waals surface area contributed by atoms with Gasteiger partial charge in [0.25, 0.3) is 0 Å². The molecule has 0 radical (unpaired) electrons. The minimum Gasteiger partial charge on any atom is -0.553 e. The summed E-state index contributed by atoms with van der Waals surface area (Å²) in [6, 6.07) is 0. The van der Waals surface area contributed by atoms with Crippen molar-refractivity contribution in [2.75, 3.05) is 26.3 Å². The van der Waals surface area contributed by atoms with Crippen molar-refractivity contribution in [2.24, 2.45) is 0 Å². The van der Waals surface area contributed by atoms with Crippen LogP contribution < -0.4 is 0 Å². The molecule has 0 aromatic rings. The van der Waals surface area contributed by atoms with Crippen LogP contribution in [0.3, 0.4) is 0 Å². The summed E-state index contributed by atoms with van der Waals surface area (Å²) in [4.78, 5) is 2.33. The van der Waals surface area contributed by atoms with E-state index in [1.807, 2.05) is 0 Å². The Morgan fingerprint density at radius 3 is 2.22 bits per heavy atom. The van der Waals surface area contributed by atoms with Gasteiger partial charge in [0.05, 0.1) is 0 Å². The Morgan fingerprint density at radius 2 is 1.72 bits per heavy atom. The van der Waals surface area contributed by atoms with E-state index >= 15 is 0 Å². The highest BCUT2D eigenvalue weighted by Crippen LogP contribution is 2.35. The van der Waals surface area contributed by atoms with E-state index in [1.54, 1.807) is 0 Å². The first-order valence-electron chi connectivity index (χ1n) is 6.95. The van der Waals surface area contributed by atoms with Crippen LogP contribution >= 0.6 is 0 Å². The summed E-state index contributed by atoms with van der Waals surface area (Å²) < 4.78 is 11.7. The normalized spacial score (nSPS) is 23.6. The molecule has 2 heterocycles. The molecule has 0 N–H and O–H groups in total. The number of rotatable bonds is 1. The quantitative estimate of drug-likeness (QED) is 0.537. The van der Waals surface area contributed by atoms with Crippen LogP contribution in [0.25, 0.3) is 0 Å². The lowest BCUT2D eigenvalue weighted by Gasteiger charge is -2.35. The molecule has 0 aliphatic carbocycles. The number of fused-ring (bicyclic) bond motifs is 1. The SMILES string of the molecule is CC(C)(C)[Si](C)(C)C#CC[B-]12OCCN1CCO2. The molecule has 2 fully saturated rings. The summed E-state index contributed by atoms with van der Waals surface area (Å²) >= 11 is 0. The van der Waals surface area contributed by atoms with Crippen molar-refractivity contribution in [2.45, 2.75) is 45.2 Å². The summed E-state index contributed by atoms with van der Waals surface area (Å²) in [5.74, 6) is 3.38. The molecule has 0 amide bonds. The molecule has 2 aliphatic rings. The molecule has 2 aliphatic heterocycles. The van der Waals surface area contributed by atoms with Crippen LogP contribution in [-0.2, 0) is 9.31 Å². The highest BCUT2D eigenvalue weighted by Gasteiger charge is 2.41. The third kappa shape index (κ3) is 2.53. The number of hydrogen-bond acceptors (Lipinski definition) is 3. The van der Waals surface area contributed by atoms with Crippen molar-refractivity contribution in [3.05, 3.63) is 0 Å². The minimum atomic E-state index is -1.50. The first-order valence-corrected chi connectivity index (χ1v) is 9.95. The van der Waals surface area contributed by atoms with Crippen molar-refractivity contribution < 1.29 is 9.31 Å². The van der Waals surface area contributed by atoms with Crippen LogP contribution in [-0.4, -0.2) is 45.9 Å². The Balaban J connectivity index is 2.04. The summed E-state index contributed by atoms with van der Waals surface area (Å²) in [5, 5.41) is 0.317. The van der Waals surface area contributed by atoms with Crippen molar-refractivity contribution in [1.82, 2.24) is 4.81 Å². The zero-order chi connectivity index (χ0) is 13.4. The Morgan fingerprint density at radius 1 is 1.17 bits per heavy atom. The van der Waals surface area contributed by atoms with Gasteiger partial charge >= 0.3 is 6.69 Å². The van der Waals surface area contributed by atoms with Gasteiger partial charge in [0, 0.05) is 13.2 Å². The molecule has 0 saturated carbocycles. The molecule has 2 saturated heterocycles. The smallest absolute Gasteiger partial charge is 0.329 e. The maximum atomic E-state index is 5.84. The van der Waals surface area contributed by atoms with Crippen LogP contribution in [0, 0.1) is 11.5 Å². The molecule has 5 heteroatoms. The van der Waals surface area contributed by atoms with E-state index in [4.69, 9.17) is 9.31 Å². The van der Waals surface area contributed by atoms with Crippen molar-refractivity contribution >= 4 is 14.8 Å². The van der Waals surface area contributed by atoms with Gasteiger partial charge in [0.2, 0.25) is 0 Å². The summed E-state index contributed by atoms with van der Waals surface area (Å²) in [6.45, 7) is 13.9. The standard InChI is InChI=1S/C13H25BNO2Si/c1-13(2,3)18(4,5)12-6-7-14-15(8-10-16-14)9-11-17-14/h7-11H2,1-5H3/q-1. The fourth-order valence-electron chi connectivity index (χ4n) is 2.31. The van der Waals surface area contributed by atoms with Crippen LogP contribution in [0.2, 0.25) is 24.5 Å². The monoisotopic (exact) mass is 266 g/mol. The van der Waals surface area contributed by atoms with Gasteiger partial charge in [-0.3, -0.25) is 0 Å². The van der Waals surface area contributed by atoms with Crippen LogP contribution in [0.4, 0.5) is 0 Å². The first-order chi connectivity index (χ1) is 8.27. The lowest BCUT2D eigenvalue weighted by atomic mass is 9.68. The van der Waals surface area contributed by atoms with E-state index in [0.717, 1.165) is 32.6 Å². The second-order valence-corrected chi connectivity index (χ2v) is 12.0. The molecule has 0 aromatic heterocycles. The van der Waals surface area contributed by atoms with Gasteiger partial charge in [-0.05, 0) is 24.4 Å². The maximum Gasteiger partial charge on any atom is 0.329 e. The van der Waals surface area contributed by atoms with Gasteiger partial charge in [-0.2, -0.15) is 0 Å². The zero-order valence-corrected chi connectivity index (χ0v) is 13.4. The third-order valence-electron chi connectivity index (χ3n) is 4.71. The molecule has 0 atom stereocenters. The van der Waals surface area contributed by atoms with Crippen LogP contribution in [0.15, 0.2) is 0 Å². The number of hydrogen-bond donors (Lipinski definition) is 0. The molecule has 102 valence electrons. The van der Waals surface area contributed by atoms with E-state index in [1.165, 1.54) is 0 Å². The van der Waals surface area contributed by atoms with Gasteiger partial charge in [-0.25, -0.2) is 0 Å². The highest BCUT2D eigenvalue weighted by atomic mass is 28.3. The van der Waals surface area contributed by atoms with Gasteiger partial charge in [0.1, 0.15) is 8.07 Å². The fraction of sp³-hybridized carbons (Fsp3) is 0.846. The van der Waals surface area contributed by atoms with Gasteiger partial charge < -0.3 is 14.1 Å². The topological polar surface area (TPSA) is 21.7 Å². The van der Waals surface area contributed by atoms with Gasteiger partial charge in [0.15, 0.2) is 0 Å². The van der Waals surface area contributed by atoms with E-state index in [0.29, 0.717) is 5.04 Å². The Kier molecular flexibility index (Phi) is 3.67. The molecule has 0 bridgehead atoms. The molecule has 3 nitrogen and oxygen atoms in total. The van der Waals surface area contributed by atoms with Gasteiger partial charge in [-0.1, -0.05) is 33.9 Å². The lowest BCUT2D eigenvalue weighted by Crippen LogP contribution is -2.47. The van der Waals surface area contributed by atoms with E-state index in [9.17, 15) is 0 Å². The Labute approximate surface area is 112 Å². The van der Waals surface area contributed by atoms with Gasteiger partial charge in [-0.15, -0.1) is 11.5 Å². The average Bonchev–Trinajstić information content (AvgIpc) is 2.73. The Hall–Kier alpha value is -0.278. The van der Waals surface area contributed by atoms with Crippen LogP contribution in [0.5, 0.6) is 0 Å². The third-order valence-corrected chi connectivity index (χ3v) is 9.26. The second-order valence-electron chi connectivity index (χ2n) is 6.98. The minimum absolute atomic E-state index is 0.317. The highest BCUT2D eigenvalue weighted by molar-refractivity contribution is 6.87. The molecule has 0 unspecified atom stereocenters. The summed E-state index contributed by atoms with van der Waals surface area (Å²) in [5.41, 5.74) is 3.55. The molecular formula is C13H25BNO2Si-. The van der Waals surface area contributed by atoms with Crippen molar-refractivity contribution in [3.8, 4) is 11.5 Å². The zero-order valence-electron chi connectivity index (χ0n) is 12.4. The lowest BCUT2D eigenvalue weighted by molar-refractivity contribution is 0.223. The predicted molar refractivity (Wildman–Crippen MR) is 79.0 cm³/mol. The van der Waals surface area contributed by atoms with E-state index in [2.05, 4.69) is 50.1 Å². The average molecular weight is 266 g/mol. The maximum absolute atomic E-state index is 5.84. The predicted octanol–water partition coefficient (Wildman–Crippen LogP) is 2.34. The van der Waals surface area contributed by atoms with Crippen LogP contribution in [0.1, 0.15) is 20.8 Å². The summed E-state index contributed by atoms with van der Waals surface area (Å²) in [7, 11) is -1.50. The Bertz CT molecular complexity index is 371. The van der Waals surface area contributed by atoms with E-state index < -0.39 is 14.8 Å². The number of nitrogens with zero attached hydrogens (tertiary/aromatic N) is 1. The molecular weight excluding hydrogens is 241 g/mol. The van der Waals surface area contributed by atoms with Crippen molar-refractivity contribution in [3.63, 3.8) is 0 Å². The second kappa shape index (κ2) is 4.68.